The van der Waals surface area contributed by atoms with Gasteiger partial charge in [0, 0.05) is 6.04 Å². The summed E-state index contributed by atoms with van der Waals surface area (Å²) in [5.41, 5.74) is -0.585. The Hall–Kier alpha value is -1.54. The fourth-order valence-electron chi connectivity index (χ4n) is 1.89. The average Bonchev–Trinajstić information content (AvgIpc) is 2.34. The monoisotopic (exact) mass is 281 g/mol. The second kappa shape index (κ2) is 8.60. The number of carbonyl (C=O) groups excluding carboxylic acids is 2. The van der Waals surface area contributed by atoms with Crippen LogP contribution in [-0.4, -0.2) is 48.4 Å². The molecular weight excluding hydrogens is 254 g/mol. The Bertz CT molecular complexity index is 368. The zero-order valence-electron chi connectivity index (χ0n) is 13.2. The molecule has 0 aliphatic carbocycles. The fraction of sp³-hybridized carbons (Fsp3) is 0.733. The largest absolute Gasteiger partial charge is 0.353 e. The Labute approximate surface area is 122 Å². The standard InChI is InChI=1S/C15H27N3O2/c1-7-15(8-2,9-3)17-14(20)11-18(6)10-13(19)16-12(4)5/h1,12H,8-11H2,2-6H3,(H,16,19)(H,17,20). The lowest BCUT2D eigenvalue weighted by Gasteiger charge is -2.28. The van der Waals surface area contributed by atoms with Gasteiger partial charge in [0.15, 0.2) is 0 Å². The van der Waals surface area contributed by atoms with Crippen LogP contribution in [0.2, 0.25) is 0 Å². The van der Waals surface area contributed by atoms with Crippen LogP contribution < -0.4 is 10.6 Å². The topological polar surface area (TPSA) is 61.4 Å². The van der Waals surface area contributed by atoms with Crippen molar-refractivity contribution in [1.82, 2.24) is 15.5 Å². The highest BCUT2D eigenvalue weighted by atomic mass is 16.2. The molecule has 0 atom stereocenters. The van der Waals surface area contributed by atoms with Gasteiger partial charge in [-0.25, -0.2) is 0 Å². The van der Waals surface area contributed by atoms with Gasteiger partial charge >= 0.3 is 0 Å². The lowest BCUT2D eigenvalue weighted by atomic mass is 9.94. The van der Waals surface area contributed by atoms with Crippen LogP contribution in [0, 0.1) is 12.3 Å². The van der Waals surface area contributed by atoms with Crippen molar-refractivity contribution in [2.45, 2.75) is 52.1 Å². The van der Waals surface area contributed by atoms with E-state index in [1.807, 2.05) is 27.7 Å². The molecule has 0 heterocycles. The Kier molecular flexibility index (Phi) is 7.93. The van der Waals surface area contributed by atoms with E-state index >= 15 is 0 Å². The minimum absolute atomic E-state index is 0.0931. The molecule has 0 aromatic rings. The molecule has 0 saturated heterocycles. The first-order valence-electron chi connectivity index (χ1n) is 7.05. The van der Waals surface area contributed by atoms with E-state index in [1.165, 1.54) is 0 Å². The summed E-state index contributed by atoms with van der Waals surface area (Å²) < 4.78 is 0. The normalized spacial score (nSPS) is 11.3. The smallest absolute Gasteiger partial charge is 0.235 e. The molecule has 114 valence electrons. The van der Waals surface area contributed by atoms with E-state index in [4.69, 9.17) is 6.42 Å². The van der Waals surface area contributed by atoms with Crippen LogP contribution in [0.4, 0.5) is 0 Å². The van der Waals surface area contributed by atoms with Crippen molar-refractivity contribution >= 4 is 11.8 Å². The lowest BCUT2D eigenvalue weighted by molar-refractivity contribution is -0.125. The molecule has 2 N–H and O–H groups in total. The summed E-state index contributed by atoms with van der Waals surface area (Å²) in [7, 11) is 1.73. The molecule has 0 aliphatic heterocycles. The van der Waals surface area contributed by atoms with Gasteiger partial charge < -0.3 is 10.6 Å². The number of hydrogen-bond acceptors (Lipinski definition) is 3. The van der Waals surface area contributed by atoms with E-state index < -0.39 is 5.54 Å². The number of amides is 2. The molecule has 0 spiro atoms. The molecular formula is C15H27N3O2. The van der Waals surface area contributed by atoms with Gasteiger partial charge in [-0.2, -0.15) is 0 Å². The highest BCUT2D eigenvalue weighted by Crippen LogP contribution is 2.13. The maximum absolute atomic E-state index is 12.0. The maximum Gasteiger partial charge on any atom is 0.235 e. The Morgan fingerprint density at radius 1 is 1.20 bits per heavy atom. The van der Waals surface area contributed by atoms with Crippen molar-refractivity contribution in [2.75, 3.05) is 20.1 Å². The van der Waals surface area contributed by atoms with Crippen LogP contribution in [0.3, 0.4) is 0 Å². The second-order valence-corrected chi connectivity index (χ2v) is 5.38. The first-order chi connectivity index (χ1) is 9.28. The number of terminal acetylenes is 1. The van der Waals surface area contributed by atoms with Crippen molar-refractivity contribution in [3.63, 3.8) is 0 Å². The second-order valence-electron chi connectivity index (χ2n) is 5.38. The predicted octanol–water partition coefficient (Wildman–Crippen LogP) is 0.751. The van der Waals surface area contributed by atoms with Gasteiger partial charge in [-0.05, 0) is 33.7 Å². The van der Waals surface area contributed by atoms with Crippen molar-refractivity contribution in [1.29, 1.82) is 0 Å². The quantitative estimate of drug-likeness (QED) is 0.646. The van der Waals surface area contributed by atoms with Crippen molar-refractivity contribution in [3.05, 3.63) is 0 Å². The summed E-state index contributed by atoms with van der Waals surface area (Å²) >= 11 is 0. The molecule has 0 rings (SSSR count). The van der Waals surface area contributed by atoms with E-state index in [2.05, 4.69) is 16.6 Å². The number of nitrogens with zero attached hydrogens (tertiary/aromatic N) is 1. The predicted molar refractivity (Wildman–Crippen MR) is 81.1 cm³/mol. The molecule has 2 amide bonds. The molecule has 20 heavy (non-hydrogen) atoms. The van der Waals surface area contributed by atoms with Crippen LogP contribution in [0.15, 0.2) is 0 Å². The molecule has 5 heteroatoms. The van der Waals surface area contributed by atoms with Gasteiger partial charge in [0.25, 0.3) is 0 Å². The third-order valence-electron chi connectivity index (χ3n) is 3.14. The SMILES string of the molecule is C#CC(CC)(CC)NC(=O)CN(C)CC(=O)NC(C)C. The number of nitrogens with one attached hydrogen (secondary N) is 2. The number of hydrogen-bond donors (Lipinski definition) is 2. The molecule has 0 radical (unpaired) electrons. The minimum atomic E-state index is -0.585. The molecule has 0 aromatic carbocycles. The van der Waals surface area contributed by atoms with Gasteiger partial charge in [0.1, 0.15) is 5.54 Å². The summed E-state index contributed by atoms with van der Waals surface area (Å²) in [6, 6.07) is 0.0963. The summed E-state index contributed by atoms with van der Waals surface area (Å²) in [5.74, 6) is 2.40. The van der Waals surface area contributed by atoms with Crippen molar-refractivity contribution in [3.8, 4) is 12.3 Å². The number of carbonyl (C=O) groups is 2. The van der Waals surface area contributed by atoms with Crippen LogP contribution >= 0.6 is 0 Å². The van der Waals surface area contributed by atoms with E-state index in [0.717, 1.165) is 0 Å². The van der Waals surface area contributed by atoms with E-state index in [0.29, 0.717) is 12.8 Å². The summed E-state index contributed by atoms with van der Waals surface area (Å²) in [6.45, 7) is 8.03. The third kappa shape index (κ3) is 6.58. The molecule has 0 saturated carbocycles. The molecule has 5 nitrogen and oxygen atoms in total. The zero-order chi connectivity index (χ0) is 15.8. The fourth-order valence-corrected chi connectivity index (χ4v) is 1.89. The summed E-state index contributed by atoms with van der Waals surface area (Å²) in [4.78, 5) is 25.2. The van der Waals surface area contributed by atoms with Gasteiger partial charge in [-0.15, -0.1) is 6.42 Å². The van der Waals surface area contributed by atoms with E-state index in [1.54, 1.807) is 11.9 Å². The van der Waals surface area contributed by atoms with E-state index in [-0.39, 0.29) is 30.9 Å². The van der Waals surface area contributed by atoms with Crippen LogP contribution in [0.5, 0.6) is 0 Å². The van der Waals surface area contributed by atoms with Crippen LogP contribution in [0.1, 0.15) is 40.5 Å². The zero-order valence-corrected chi connectivity index (χ0v) is 13.2. The Morgan fingerprint density at radius 2 is 1.70 bits per heavy atom. The van der Waals surface area contributed by atoms with Gasteiger partial charge in [0.2, 0.25) is 11.8 Å². The molecule has 0 aliphatic rings. The van der Waals surface area contributed by atoms with Gasteiger partial charge in [-0.3, -0.25) is 14.5 Å². The summed E-state index contributed by atoms with van der Waals surface area (Å²) in [6.07, 6.45) is 6.87. The van der Waals surface area contributed by atoms with Crippen molar-refractivity contribution < 1.29 is 9.59 Å². The Balaban J connectivity index is 4.33. The number of rotatable bonds is 8. The molecule has 0 unspecified atom stereocenters. The highest BCUT2D eigenvalue weighted by molar-refractivity contribution is 5.81. The Morgan fingerprint density at radius 3 is 2.10 bits per heavy atom. The third-order valence-corrected chi connectivity index (χ3v) is 3.14. The molecule has 0 bridgehead atoms. The summed E-state index contributed by atoms with van der Waals surface area (Å²) in [5, 5.41) is 5.66. The van der Waals surface area contributed by atoms with Crippen LogP contribution in [0.25, 0.3) is 0 Å². The van der Waals surface area contributed by atoms with Gasteiger partial charge in [-0.1, -0.05) is 19.8 Å². The molecule has 0 aromatic heterocycles. The lowest BCUT2D eigenvalue weighted by Crippen LogP contribution is -2.50. The highest BCUT2D eigenvalue weighted by Gasteiger charge is 2.25. The minimum Gasteiger partial charge on any atom is -0.353 e. The van der Waals surface area contributed by atoms with Gasteiger partial charge in [0.05, 0.1) is 13.1 Å². The van der Waals surface area contributed by atoms with E-state index in [9.17, 15) is 9.59 Å². The van der Waals surface area contributed by atoms with Crippen LogP contribution in [-0.2, 0) is 9.59 Å². The van der Waals surface area contributed by atoms with Crippen molar-refractivity contribution in [2.24, 2.45) is 0 Å². The first-order valence-corrected chi connectivity index (χ1v) is 7.05. The number of likely N-dealkylation sites (N-methyl/N-ethyl adjacent to an activating group) is 1. The first kappa shape index (κ1) is 18.5. The average molecular weight is 281 g/mol. The molecule has 0 fully saturated rings. The maximum atomic E-state index is 12.0.